The second-order valence-corrected chi connectivity index (χ2v) is 7.48. The van der Waals surface area contributed by atoms with Crippen molar-refractivity contribution in [2.75, 3.05) is 19.6 Å². The Labute approximate surface area is 140 Å². The molecule has 0 bridgehead atoms. The molecule has 0 aliphatic carbocycles. The zero-order valence-corrected chi connectivity index (χ0v) is 15.4. The zero-order chi connectivity index (χ0) is 17.5. The fraction of sp³-hybridized carbons (Fsp3) is 0.588. The van der Waals surface area contributed by atoms with Gasteiger partial charge in [0.2, 0.25) is 15.9 Å². The Morgan fingerprint density at radius 3 is 2.48 bits per heavy atom. The maximum Gasteiger partial charge on any atom is 0.240 e. The van der Waals surface area contributed by atoms with Crippen molar-refractivity contribution in [2.24, 2.45) is 0 Å². The van der Waals surface area contributed by atoms with Crippen LogP contribution < -0.4 is 4.72 Å². The summed E-state index contributed by atoms with van der Waals surface area (Å²) in [4.78, 5) is 14.2. The fourth-order valence-corrected chi connectivity index (χ4v) is 3.69. The molecule has 0 saturated carbocycles. The van der Waals surface area contributed by atoms with Gasteiger partial charge in [0.15, 0.2) is 0 Å². The number of unbranched alkanes of at least 4 members (excludes halogenated alkanes) is 1. The van der Waals surface area contributed by atoms with E-state index in [2.05, 4.69) is 11.6 Å². The van der Waals surface area contributed by atoms with Gasteiger partial charge in [-0.2, -0.15) is 0 Å². The Morgan fingerprint density at radius 1 is 1.22 bits per heavy atom. The van der Waals surface area contributed by atoms with Gasteiger partial charge in [-0.1, -0.05) is 31.0 Å². The lowest BCUT2D eigenvalue weighted by atomic mass is 10.2. The van der Waals surface area contributed by atoms with Gasteiger partial charge in [0, 0.05) is 26.1 Å². The van der Waals surface area contributed by atoms with E-state index in [4.69, 9.17) is 0 Å². The molecule has 1 N–H and O–H groups in total. The van der Waals surface area contributed by atoms with E-state index in [0.717, 1.165) is 24.9 Å². The van der Waals surface area contributed by atoms with E-state index < -0.39 is 10.0 Å². The van der Waals surface area contributed by atoms with E-state index in [1.165, 1.54) is 0 Å². The Hall–Kier alpha value is -1.40. The summed E-state index contributed by atoms with van der Waals surface area (Å²) >= 11 is 0. The first-order valence-electron chi connectivity index (χ1n) is 8.16. The molecule has 130 valence electrons. The predicted molar refractivity (Wildman–Crippen MR) is 92.9 cm³/mol. The highest BCUT2D eigenvalue weighted by Crippen LogP contribution is 2.16. The van der Waals surface area contributed by atoms with E-state index in [-0.39, 0.29) is 23.8 Å². The topological polar surface area (TPSA) is 66.5 Å². The Morgan fingerprint density at radius 2 is 1.91 bits per heavy atom. The molecular formula is C17H28N2O3S. The van der Waals surface area contributed by atoms with Crippen LogP contribution in [-0.2, 0) is 14.8 Å². The molecule has 0 heterocycles. The maximum absolute atomic E-state index is 12.3. The summed E-state index contributed by atoms with van der Waals surface area (Å²) in [7, 11) is -3.57. The van der Waals surface area contributed by atoms with Gasteiger partial charge in [-0.15, -0.1) is 0 Å². The predicted octanol–water partition coefficient (Wildman–Crippen LogP) is 2.62. The SMILES string of the molecule is CCCCN(CC)C(=O)CCNS(=O)(=O)c1ccc(C)cc1C. The van der Waals surface area contributed by atoms with Crippen LogP contribution in [0.1, 0.15) is 44.2 Å². The summed E-state index contributed by atoms with van der Waals surface area (Å²) in [5.74, 6) is -0.00993. The molecule has 1 amide bonds. The van der Waals surface area contributed by atoms with Gasteiger partial charge < -0.3 is 4.90 Å². The van der Waals surface area contributed by atoms with Crippen LogP contribution in [0.25, 0.3) is 0 Å². The lowest BCUT2D eigenvalue weighted by Crippen LogP contribution is -2.35. The third kappa shape index (κ3) is 5.95. The molecule has 0 unspecified atom stereocenters. The fourth-order valence-electron chi connectivity index (χ4n) is 2.44. The Balaban J connectivity index is 2.61. The number of nitrogens with one attached hydrogen (secondary N) is 1. The number of carbonyl (C=O) groups excluding carboxylic acids is 1. The minimum absolute atomic E-state index is 0.00993. The van der Waals surface area contributed by atoms with Crippen LogP contribution in [0.3, 0.4) is 0 Å². The molecule has 1 aromatic carbocycles. The lowest BCUT2D eigenvalue weighted by Gasteiger charge is -2.20. The highest BCUT2D eigenvalue weighted by atomic mass is 32.2. The van der Waals surface area contributed by atoms with E-state index in [9.17, 15) is 13.2 Å². The summed E-state index contributed by atoms with van der Waals surface area (Å²) in [5, 5.41) is 0. The number of rotatable bonds is 9. The molecule has 5 nitrogen and oxygen atoms in total. The summed E-state index contributed by atoms with van der Waals surface area (Å²) in [6, 6.07) is 5.22. The van der Waals surface area contributed by atoms with Crippen LogP contribution in [0, 0.1) is 13.8 Å². The summed E-state index contributed by atoms with van der Waals surface area (Å²) in [6.07, 6.45) is 2.18. The second kappa shape index (κ2) is 9.03. The van der Waals surface area contributed by atoms with Crippen molar-refractivity contribution in [3.05, 3.63) is 29.3 Å². The molecular weight excluding hydrogens is 312 g/mol. The molecule has 0 aliphatic rings. The van der Waals surface area contributed by atoms with Crippen LogP contribution >= 0.6 is 0 Å². The van der Waals surface area contributed by atoms with Gasteiger partial charge >= 0.3 is 0 Å². The van der Waals surface area contributed by atoms with Gasteiger partial charge in [0.25, 0.3) is 0 Å². The molecule has 6 heteroatoms. The van der Waals surface area contributed by atoms with Crippen LogP contribution in [0.5, 0.6) is 0 Å². The van der Waals surface area contributed by atoms with Gasteiger partial charge in [-0.05, 0) is 38.8 Å². The minimum Gasteiger partial charge on any atom is -0.343 e. The van der Waals surface area contributed by atoms with Gasteiger partial charge in [0.05, 0.1) is 4.90 Å². The number of hydrogen-bond donors (Lipinski definition) is 1. The molecule has 0 spiro atoms. The molecule has 0 aromatic heterocycles. The molecule has 1 aromatic rings. The second-order valence-electron chi connectivity index (χ2n) is 5.74. The highest BCUT2D eigenvalue weighted by Gasteiger charge is 2.18. The van der Waals surface area contributed by atoms with E-state index in [1.54, 1.807) is 24.0 Å². The number of amides is 1. The summed E-state index contributed by atoms with van der Waals surface area (Å²) < 4.78 is 27.2. The maximum atomic E-state index is 12.3. The Kier molecular flexibility index (Phi) is 7.72. The van der Waals surface area contributed by atoms with Crippen molar-refractivity contribution >= 4 is 15.9 Å². The number of nitrogens with zero attached hydrogens (tertiary/aromatic N) is 1. The van der Waals surface area contributed by atoms with Crippen molar-refractivity contribution in [3.8, 4) is 0 Å². The number of carbonyl (C=O) groups is 1. The van der Waals surface area contributed by atoms with Crippen LogP contribution in [-0.4, -0.2) is 38.9 Å². The average molecular weight is 340 g/mol. The minimum atomic E-state index is -3.57. The van der Waals surface area contributed by atoms with E-state index >= 15 is 0 Å². The first-order chi connectivity index (χ1) is 10.8. The normalized spacial score (nSPS) is 11.5. The molecule has 0 aliphatic heterocycles. The lowest BCUT2D eigenvalue weighted by molar-refractivity contribution is -0.130. The number of sulfonamides is 1. The molecule has 0 atom stereocenters. The van der Waals surface area contributed by atoms with Crippen molar-refractivity contribution in [1.29, 1.82) is 0 Å². The largest absolute Gasteiger partial charge is 0.343 e. The first-order valence-corrected chi connectivity index (χ1v) is 9.64. The summed E-state index contributed by atoms with van der Waals surface area (Å²) in [5.41, 5.74) is 1.73. The molecule has 0 fully saturated rings. The Bertz CT molecular complexity index is 627. The van der Waals surface area contributed by atoms with E-state index in [1.807, 2.05) is 19.9 Å². The van der Waals surface area contributed by atoms with Gasteiger partial charge in [-0.25, -0.2) is 13.1 Å². The number of aryl methyl sites for hydroxylation is 2. The van der Waals surface area contributed by atoms with Gasteiger partial charge in [0.1, 0.15) is 0 Å². The van der Waals surface area contributed by atoms with Crippen molar-refractivity contribution in [1.82, 2.24) is 9.62 Å². The quantitative estimate of drug-likeness (QED) is 0.751. The standard InChI is InChI=1S/C17H28N2O3S/c1-5-7-12-19(6-2)17(20)10-11-18-23(21,22)16-9-8-14(3)13-15(16)4/h8-9,13,18H,5-7,10-12H2,1-4H3. The van der Waals surface area contributed by atoms with Crippen LogP contribution in [0.4, 0.5) is 0 Å². The molecule has 0 radical (unpaired) electrons. The summed E-state index contributed by atoms with van der Waals surface area (Å²) in [6.45, 7) is 9.22. The smallest absolute Gasteiger partial charge is 0.240 e. The average Bonchev–Trinajstić information content (AvgIpc) is 2.47. The van der Waals surface area contributed by atoms with Gasteiger partial charge in [-0.3, -0.25) is 4.79 Å². The van der Waals surface area contributed by atoms with Crippen LogP contribution in [0.15, 0.2) is 23.1 Å². The van der Waals surface area contributed by atoms with E-state index in [0.29, 0.717) is 12.1 Å². The van der Waals surface area contributed by atoms with Crippen molar-refractivity contribution < 1.29 is 13.2 Å². The zero-order valence-electron chi connectivity index (χ0n) is 14.6. The monoisotopic (exact) mass is 340 g/mol. The van der Waals surface area contributed by atoms with Crippen molar-refractivity contribution in [3.63, 3.8) is 0 Å². The number of benzene rings is 1. The molecule has 0 saturated heterocycles. The first kappa shape index (κ1) is 19.6. The third-order valence-corrected chi connectivity index (χ3v) is 5.39. The van der Waals surface area contributed by atoms with Crippen LogP contribution in [0.2, 0.25) is 0 Å². The number of hydrogen-bond acceptors (Lipinski definition) is 3. The molecule has 23 heavy (non-hydrogen) atoms. The highest BCUT2D eigenvalue weighted by molar-refractivity contribution is 7.89. The molecule has 1 rings (SSSR count). The van der Waals surface area contributed by atoms with Crippen molar-refractivity contribution in [2.45, 2.75) is 51.9 Å². The third-order valence-electron chi connectivity index (χ3n) is 3.77.